The van der Waals surface area contributed by atoms with E-state index in [-0.39, 0.29) is 23.9 Å². The van der Waals surface area contributed by atoms with Crippen molar-refractivity contribution in [1.29, 1.82) is 0 Å². The molecule has 0 atom stereocenters. The van der Waals surface area contributed by atoms with Crippen LogP contribution in [0.2, 0.25) is 0 Å². The van der Waals surface area contributed by atoms with Crippen molar-refractivity contribution in [3.05, 3.63) is 63.9 Å². The minimum atomic E-state index is -0.437. The summed E-state index contributed by atoms with van der Waals surface area (Å²) in [6, 6.07) is 12.8. The number of nitrogens with zero attached hydrogens (tertiary/aromatic N) is 2. The number of rotatable bonds is 6. The smallest absolute Gasteiger partial charge is 0.321 e. The second-order valence-corrected chi connectivity index (χ2v) is 9.43. The average molecular weight is 465 g/mol. The molecule has 0 saturated heterocycles. The summed E-state index contributed by atoms with van der Waals surface area (Å²) in [5.41, 5.74) is 3.33. The summed E-state index contributed by atoms with van der Waals surface area (Å²) in [4.78, 5) is 42.4. The number of hydrogen-bond acceptors (Lipinski definition) is 5. The molecule has 7 nitrogen and oxygen atoms in total. The molecule has 1 heterocycles. The fraction of sp³-hybridized carbons (Fsp3) is 0.360. The van der Waals surface area contributed by atoms with Gasteiger partial charge in [0, 0.05) is 18.2 Å². The van der Waals surface area contributed by atoms with E-state index in [1.807, 2.05) is 50.2 Å². The van der Waals surface area contributed by atoms with E-state index in [0.29, 0.717) is 21.8 Å². The Morgan fingerprint density at radius 1 is 1.09 bits per heavy atom. The molecule has 1 aliphatic rings. The van der Waals surface area contributed by atoms with Crippen LogP contribution in [0.25, 0.3) is 16.6 Å². The maximum atomic E-state index is 13.4. The number of aromatic nitrogens is 2. The summed E-state index contributed by atoms with van der Waals surface area (Å²) in [5.74, 6) is 0.0393. The van der Waals surface area contributed by atoms with Crippen LogP contribution >= 0.6 is 11.8 Å². The first-order valence-electron chi connectivity index (χ1n) is 11.3. The number of carbonyl (C=O) groups excluding carboxylic acids is 2. The molecular formula is C25H28N4O3S. The first-order valence-corrected chi connectivity index (χ1v) is 12.2. The highest BCUT2D eigenvalue weighted by atomic mass is 32.2. The first-order chi connectivity index (χ1) is 15.9. The third kappa shape index (κ3) is 5.27. The number of para-hydroxylation sites is 1. The summed E-state index contributed by atoms with van der Waals surface area (Å²) in [6.07, 6.45) is 4.27. The summed E-state index contributed by atoms with van der Waals surface area (Å²) in [5, 5.41) is 6.33. The number of imide groups is 1. The molecule has 2 aromatic carbocycles. The van der Waals surface area contributed by atoms with Gasteiger partial charge in [-0.15, -0.1) is 0 Å². The zero-order valence-electron chi connectivity index (χ0n) is 18.9. The molecule has 1 aromatic heterocycles. The average Bonchev–Trinajstić information content (AvgIpc) is 3.29. The number of aryl methyl sites for hydroxylation is 1. The van der Waals surface area contributed by atoms with Crippen molar-refractivity contribution in [3.63, 3.8) is 0 Å². The quantitative estimate of drug-likeness (QED) is 0.420. The Labute approximate surface area is 197 Å². The second-order valence-electron chi connectivity index (χ2n) is 8.37. The number of carbonyl (C=O) groups is 2. The summed E-state index contributed by atoms with van der Waals surface area (Å²) >= 11 is 1.33. The Morgan fingerprint density at radius 3 is 2.64 bits per heavy atom. The monoisotopic (exact) mass is 464 g/mol. The van der Waals surface area contributed by atoms with Crippen LogP contribution in [-0.2, 0) is 4.79 Å². The highest BCUT2D eigenvalue weighted by Gasteiger charge is 2.19. The van der Waals surface area contributed by atoms with Crippen molar-refractivity contribution in [3.8, 4) is 5.69 Å². The Balaban J connectivity index is 1.52. The fourth-order valence-electron chi connectivity index (χ4n) is 4.12. The van der Waals surface area contributed by atoms with Gasteiger partial charge in [-0.1, -0.05) is 48.9 Å². The standard InChI is InChI=1S/C25H28N4O3S/c1-16-8-7-13-21(17(16)2)29-23(31)19-11-5-6-12-20(19)27-25(29)33-15-14-22(30)28-24(32)26-18-9-3-4-10-18/h5-8,11-13,18H,3-4,9-10,14-15H2,1-2H3,(H2,26,28,30,32). The first kappa shape index (κ1) is 23.0. The van der Waals surface area contributed by atoms with E-state index in [4.69, 9.17) is 4.98 Å². The molecular weight excluding hydrogens is 436 g/mol. The molecule has 8 heteroatoms. The molecule has 3 aromatic rings. The molecule has 33 heavy (non-hydrogen) atoms. The molecule has 0 spiro atoms. The highest BCUT2D eigenvalue weighted by Crippen LogP contribution is 2.25. The Kier molecular flexibility index (Phi) is 7.13. The minimum Gasteiger partial charge on any atom is -0.335 e. The van der Waals surface area contributed by atoms with Gasteiger partial charge < -0.3 is 5.32 Å². The molecule has 1 fully saturated rings. The minimum absolute atomic E-state index is 0.137. The predicted octanol–water partition coefficient (Wildman–Crippen LogP) is 4.25. The molecule has 0 bridgehead atoms. The van der Waals surface area contributed by atoms with Crippen molar-refractivity contribution in [2.24, 2.45) is 0 Å². The van der Waals surface area contributed by atoms with Gasteiger partial charge in [0.25, 0.3) is 5.56 Å². The number of fused-ring (bicyclic) bond motifs is 1. The maximum Gasteiger partial charge on any atom is 0.321 e. The van der Waals surface area contributed by atoms with E-state index in [2.05, 4.69) is 10.6 Å². The topological polar surface area (TPSA) is 93.1 Å². The van der Waals surface area contributed by atoms with Crippen LogP contribution in [0.5, 0.6) is 0 Å². The van der Waals surface area contributed by atoms with Crippen molar-refractivity contribution >= 4 is 34.6 Å². The molecule has 172 valence electrons. The van der Waals surface area contributed by atoms with Crippen molar-refractivity contribution in [2.45, 2.75) is 57.1 Å². The summed E-state index contributed by atoms with van der Waals surface area (Å²) < 4.78 is 1.63. The van der Waals surface area contributed by atoms with Gasteiger partial charge in [-0.2, -0.15) is 0 Å². The van der Waals surface area contributed by atoms with Gasteiger partial charge in [0.2, 0.25) is 5.91 Å². The molecule has 1 aliphatic carbocycles. The van der Waals surface area contributed by atoms with Crippen molar-refractivity contribution in [2.75, 3.05) is 5.75 Å². The van der Waals surface area contributed by atoms with E-state index in [0.717, 1.165) is 42.5 Å². The van der Waals surface area contributed by atoms with Crippen LogP contribution in [0.15, 0.2) is 52.4 Å². The van der Waals surface area contributed by atoms with E-state index in [1.54, 1.807) is 10.6 Å². The van der Waals surface area contributed by atoms with Crippen LogP contribution in [0.1, 0.15) is 43.2 Å². The zero-order chi connectivity index (χ0) is 23.4. The van der Waals surface area contributed by atoms with Crippen molar-refractivity contribution < 1.29 is 9.59 Å². The van der Waals surface area contributed by atoms with Crippen molar-refractivity contribution in [1.82, 2.24) is 20.2 Å². The van der Waals surface area contributed by atoms with E-state index in [9.17, 15) is 14.4 Å². The summed E-state index contributed by atoms with van der Waals surface area (Å²) in [7, 11) is 0. The number of urea groups is 1. The lowest BCUT2D eigenvalue weighted by Gasteiger charge is -2.16. The van der Waals surface area contributed by atoms with Crippen LogP contribution in [0.4, 0.5) is 4.79 Å². The van der Waals surface area contributed by atoms with Gasteiger partial charge in [-0.25, -0.2) is 9.78 Å². The Hall–Kier alpha value is -3.13. The lowest BCUT2D eigenvalue weighted by Crippen LogP contribution is -2.43. The van der Waals surface area contributed by atoms with Crippen LogP contribution in [0, 0.1) is 13.8 Å². The fourth-order valence-corrected chi connectivity index (χ4v) is 5.06. The van der Waals surface area contributed by atoms with Gasteiger partial charge in [0.1, 0.15) is 0 Å². The predicted molar refractivity (Wildman–Crippen MR) is 131 cm³/mol. The largest absolute Gasteiger partial charge is 0.335 e. The maximum absolute atomic E-state index is 13.4. The zero-order valence-corrected chi connectivity index (χ0v) is 19.7. The molecule has 4 rings (SSSR count). The molecule has 0 radical (unpaired) electrons. The molecule has 2 N–H and O–H groups in total. The van der Waals surface area contributed by atoms with Crippen LogP contribution < -0.4 is 16.2 Å². The van der Waals surface area contributed by atoms with Crippen LogP contribution in [-0.4, -0.2) is 33.3 Å². The van der Waals surface area contributed by atoms with Gasteiger partial charge in [-0.05, 0) is 56.0 Å². The van der Waals surface area contributed by atoms with Gasteiger partial charge in [0.15, 0.2) is 5.16 Å². The third-order valence-electron chi connectivity index (χ3n) is 6.07. The molecule has 3 amide bonds. The van der Waals surface area contributed by atoms with Gasteiger partial charge in [0.05, 0.1) is 16.6 Å². The number of benzene rings is 2. The number of thioether (sulfide) groups is 1. The van der Waals surface area contributed by atoms with Crippen LogP contribution in [0.3, 0.4) is 0 Å². The highest BCUT2D eigenvalue weighted by molar-refractivity contribution is 7.99. The van der Waals surface area contributed by atoms with Gasteiger partial charge >= 0.3 is 6.03 Å². The van der Waals surface area contributed by atoms with E-state index >= 15 is 0 Å². The lowest BCUT2D eigenvalue weighted by atomic mass is 10.1. The Bertz CT molecular complexity index is 1250. The summed E-state index contributed by atoms with van der Waals surface area (Å²) in [6.45, 7) is 3.99. The number of amides is 3. The normalized spacial score (nSPS) is 13.9. The molecule has 0 unspecified atom stereocenters. The van der Waals surface area contributed by atoms with E-state index < -0.39 is 6.03 Å². The third-order valence-corrected chi connectivity index (χ3v) is 7.01. The molecule has 1 saturated carbocycles. The molecule has 0 aliphatic heterocycles. The van der Waals surface area contributed by atoms with Gasteiger partial charge in [-0.3, -0.25) is 19.5 Å². The number of hydrogen-bond donors (Lipinski definition) is 2. The Morgan fingerprint density at radius 2 is 1.85 bits per heavy atom. The number of nitrogens with one attached hydrogen (secondary N) is 2. The van der Waals surface area contributed by atoms with E-state index in [1.165, 1.54) is 11.8 Å². The second kappa shape index (κ2) is 10.2. The SMILES string of the molecule is Cc1cccc(-n2c(SCCC(=O)NC(=O)NC3CCCC3)nc3ccccc3c2=O)c1C. The lowest BCUT2D eigenvalue weighted by molar-refractivity contribution is -0.119.